The fraction of sp³-hybridized carbons (Fsp3) is 0.526. The molecule has 2 heterocycles. The van der Waals surface area contributed by atoms with Gasteiger partial charge in [0.1, 0.15) is 5.60 Å². The zero-order valence-electron chi connectivity index (χ0n) is 14.5. The largest absolute Gasteiger partial charge is 0.444 e. The maximum Gasteiger partial charge on any atom is 0.410 e. The first-order valence-electron chi connectivity index (χ1n) is 8.38. The molecule has 0 saturated carbocycles. The monoisotopic (exact) mass is 314 g/mol. The van der Waals surface area contributed by atoms with Crippen molar-refractivity contribution >= 4 is 17.0 Å². The molecule has 1 aromatic heterocycles. The highest BCUT2D eigenvalue weighted by atomic mass is 16.6. The zero-order valence-corrected chi connectivity index (χ0v) is 14.5. The summed E-state index contributed by atoms with van der Waals surface area (Å²) < 4.78 is 7.84. The Labute approximate surface area is 138 Å². The Morgan fingerprint density at radius 1 is 1.17 bits per heavy atom. The minimum absolute atomic E-state index is 0.191. The van der Waals surface area contributed by atoms with Crippen molar-refractivity contribution in [2.75, 3.05) is 13.1 Å². The number of aromatic nitrogens is 1. The number of likely N-dealkylation sites (tertiary alicyclic amines) is 1. The fourth-order valence-electron chi connectivity index (χ4n) is 3.23. The first-order chi connectivity index (χ1) is 10.8. The van der Waals surface area contributed by atoms with Gasteiger partial charge in [-0.2, -0.15) is 0 Å². The molecule has 1 saturated heterocycles. The molecule has 1 amide bonds. The van der Waals surface area contributed by atoms with E-state index >= 15 is 0 Å². The van der Waals surface area contributed by atoms with Gasteiger partial charge in [0.05, 0.1) is 0 Å². The Morgan fingerprint density at radius 2 is 1.87 bits per heavy atom. The summed E-state index contributed by atoms with van der Waals surface area (Å²) in [7, 11) is 0. The predicted molar refractivity (Wildman–Crippen MR) is 92.8 cm³/mol. The smallest absolute Gasteiger partial charge is 0.410 e. The van der Waals surface area contributed by atoms with Gasteiger partial charge in [0.2, 0.25) is 0 Å². The lowest BCUT2D eigenvalue weighted by atomic mass is 10.0. The second kappa shape index (κ2) is 5.91. The molecule has 0 N–H and O–H groups in total. The molecule has 2 aromatic rings. The van der Waals surface area contributed by atoms with Gasteiger partial charge in [-0.25, -0.2) is 4.79 Å². The molecule has 23 heavy (non-hydrogen) atoms. The van der Waals surface area contributed by atoms with Crippen LogP contribution in [0, 0.1) is 6.92 Å². The number of ether oxygens (including phenoxy) is 1. The minimum Gasteiger partial charge on any atom is -0.444 e. The van der Waals surface area contributed by atoms with Crippen molar-refractivity contribution in [1.82, 2.24) is 9.47 Å². The highest BCUT2D eigenvalue weighted by molar-refractivity contribution is 5.81. The summed E-state index contributed by atoms with van der Waals surface area (Å²) in [6, 6.07) is 9.20. The Kier molecular flexibility index (Phi) is 4.09. The quantitative estimate of drug-likeness (QED) is 0.775. The third-order valence-corrected chi connectivity index (χ3v) is 4.39. The van der Waals surface area contributed by atoms with Crippen LogP contribution in [-0.2, 0) is 4.74 Å². The van der Waals surface area contributed by atoms with Gasteiger partial charge in [-0.05, 0) is 63.6 Å². The zero-order chi connectivity index (χ0) is 16.6. The van der Waals surface area contributed by atoms with Crippen molar-refractivity contribution in [3.8, 4) is 0 Å². The molecule has 0 aliphatic carbocycles. The van der Waals surface area contributed by atoms with Gasteiger partial charge >= 0.3 is 6.09 Å². The molecule has 1 fully saturated rings. The maximum absolute atomic E-state index is 12.2. The highest BCUT2D eigenvalue weighted by Crippen LogP contribution is 2.29. The van der Waals surface area contributed by atoms with Crippen molar-refractivity contribution < 1.29 is 9.53 Å². The number of hydrogen-bond acceptors (Lipinski definition) is 2. The number of piperidine rings is 1. The summed E-state index contributed by atoms with van der Waals surface area (Å²) in [6.45, 7) is 9.36. The van der Waals surface area contributed by atoms with Gasteiger partial charge in [-0.3, -0.25) is 0 Å². The molecule has 124 valence electrons. The topological polar surface area (TPSA) is 34.5 Å². The Hall–Kier alpha value is -1.97. The van der Waals surface area contributed by atoms with Crippen molar-refractivity contribution in [3.05, 3.63) is 36.0 Å². The van der Waals surface area contributed by atoms with Gasteiger partial charge in [0.25, 0.3) is 0 Å². The van der Waals surface area contributed by atoms with Gasteiger partial charge in [0, 0.05) is 30.8 Å². The van der Waals surface area contributed by atoms with E-state index in [1.807, 2.05) is 25.7 Å². The van der Waals surface area contributed by atoms with Crippen LogP contribution >= 0.6 is 0 Å². The molecule has 1 aliphatic heterocycles. The van der Waals surface area contributed by atoms with E-state index in [-0.39, 0.29) is 6.09 Å². The van der Waals surface area contributed by atoms with E-state index in [9.17, 15) is 4.79 Å². The predicted octanol–water partition coefficient (Wildman–Crippen LogP) is 4.52. The molecule has 0 bridgehead atoms. The summed E-state index contributed by atoms with van der Waals surface area (Å²) >= 11 is 0. The van der Waals surface area contributed by atoms with Crippen LogP contribution in [0.25, 0.3) is 10.9 Å². The number of benzene rings is 1. The van der Waals surface area contributed by atoms with Crippen LogP contribution in [0.3, 0.4) is 0 Å². The van der Waals surface area contributed by atoms with Crippen LogP contribution in [0.15, 0.2) is 30.5 Å². The lowest BCUT2D eigenvalue weighted by Crippen LogP contribution is -2.42. The molecule has 0 radical (unpaired) electrons. The number of rotatable bonds is 1. The summed E-state index contributed by atoms with van der Waals surface area (Å²) in [6.07, 6.45) is 3.93. The molecular weight excluding hydrogens is 288 g/mol. The van der Waals surface area contributed by atoms with E-state index in [1.54, 1.807) is 0 Å². The average molecular weight is 314 g/mol. The van der Waals surface area contributed by atoms with Crippen LogP contribution in [0.1, 0.15) is 45.2 Å². The Morgan fingerprint density at radius 3 is 2.52 bits per heavy atom. The number of amides is 1. The van der Waals surface area contributed by atoms with Crippen LogP contribution in [0.4, 0.5) is 4.79 Å². The van der Waals surface area contributed by atoms with Gasteiger partial charge in [-0.15, -0.1) is 0 Å². The van der Waals surface area contributed by atoms with Crippen LogP contribution < -0.4 is 0 Å². The molecule has 0 spiro atoms. The van der Waals surface area contributed by atoms with Gasteiger partial charge < -0.3 is 14.2 Å². The summed E-state index contributed by atoms with van der Waals surface area (Å²) in [5.74, 6) is 0. The highest BCUT2D eigenvalue weighted by Gasteiger charge is 2.27. The van der Waals surface area contributed by atoms with Crippen LogP contribution in [-0.4, -0.2) is 34.3 Å². The number of nitrogens with zero attached hydrogens (tertiary/aromatic N) is 2. The first-order valence-corrected chi connectivity index (χ1v) is 8.38. The van der Waals surface area contributed by atoms with Crippen LogP contribution in [0.5, 0.6) is 0 Å². The van der Waals surface area contributed by atoms with Crippen molar-refractivity contribution in [1.29, 1.82) is 0 Å². The third-order valence-electron chi connectivity index (χ3n) is 4.39. The summed E-state index contributed by atoms with van der Waals surface area (Å²) in [5, 5.41) is 1.28. The number of fused-ring (bicyclic) bond motifs is 1. The fourth-order valence-corrected chi connectivity index (χ4v) is 3.23. The molecule has 3 rings (SSSR count). The van der Waals surface area contributed by atoms with E-state index < -0.39 is 5.60 Å². The van der Waals surface area contributed by atoms with E-state index in [0.29, 0.717) is 6.04 Å². The van der Waals surface area contributed by atoms with Gasteiger partial charge in [-0.1, -0.05) is 12.1 Å². The average Bonchev–Trinajstić information content (AvgIpc) is 2.88. The molecule has 1 aliphatic rings. The Bertz CT molecular complexity index is 704. The van der Waals surface area contributed by atoms with Gasteiger partial charge in [0.15, 0.2) is 0 Å². The van der Waals surface area contributed by atoms with E-state index in [4.69, 9.17) is 4.74 Å². The third kappa shape index (κ3) is 3.52. The first kappa shape index (κ1) is 15.9. The van der Waals surface area contributed by atoms with E-state index in [2.05, 4.69) is 42.0 Å². The molecule has 0 atom stereocenters. The van der Waals surface area contributed by atoms with Crippen LogP contribution in [0.2, 0.25) is 0 Å². The summed E-state index contributed by atoms with van der Waals surface area (Å²) in [5.41, 5.74) is 2.14. The van der Waals surface area contributed by atoms with E-state index in [0.717, 1.165) is 25.9 Å². The van der Waals surface area contributed by atoms with Crippen molar-refractivity contribution in [2.45, 2.75) is 52.2 Å². The number of hydrogen-bond donors (Lipinski definition) is 0. The number of carbonyl (C=O) groups is 1. The molecule has 0 unspecified atom stereocenters. The second-order valence-corrected chi connectivity index (χ2v) is 7.48. The lowest BCUT2D eigenvalue weighted by molar-refractivity contribution is 0.0190. The standard InChI is InChI=1S/C19H26N2O2/c1-14-5-6-15-7-12-21(17(15)13-14)16-8-10-20(11-9-16)18(22)23-19(2,3)4/h5-7,12-13,16H,8-11H2,1-4H3. The maximum atomic E-state index is 12.2. The molecular formula is C19H26N2O2. The van der Waals surface area contributed by atoms with Crippen molar-refractivity contribution in [3.63, 3.8) is 0 Å². The minimum atomic E-state index is -0.428. The summed E-state index contributed by atoms with van der Waals surface area (Å²) in [4.78, 5) is 14.0. The SMILES string of the molecule is Cc1ccc2ccn(C3CCN(C(=O)OC(C)(C)C)CC3)c2c1. The lowest BCUT2D eigenvalue weighted by Gasteiger charge is -2.34. The van der Waals surface area contributed by atoms with Crippen molar-refractivity contribution in [2.24, 2.45) is 0 Å². The van der Waals surface area contributed by atoms with E-state index in [1.165, 1.54) is 16.5 Å². The second-order valence-electron chi connectivity index (χ2n) is 7.48. The number of aryl methyl sites for hydroxylation is 1. The normalized spacial score (nSPS) is 16.8. The molecule has 4 nitrogen and oxygen atoms in total. The molecule has 4 heteroatoms. The Balaban J connectivity index is 1.69. The molecule has 1 aromatic carbocycles. The number of carbonyl (C=O) groups excluding carboxylic acids is 1.